The molecule has 3 nitrogen and oxygen atoms in total. The molecule has 0 amide bonds. The fourth-order valence-electron chi connectivity index (χ4n) is 1.41. The van der Waals surface area contributed by atoms with Gasteiger partial charge < -0.3 is 10.4 Å². The van der Waals surface area contributed by atoms with Crippen LogP contribution >= 0.6 is 34.5 Å². The molecule has 1 atom stereocenters. The van der Waals surface area contributed by atoms with Crippen molar-refractivity contribution in [3.63, 3.8) is 0 Å². The highest BCUT2D eigenvalue weighted by Gasteiger charge is 2.10. The van der Waals surface area contributed by atoms with Gasteiger partial charge in [-0.25, -0.2) is 4.98 Å². The third kappa shape index (κ3) is 2.83. The summed E-state index contributed by atoms with van der Waals surface area (Å²) in [6.07, 6.45) is 0. The van der Waals surface area contributed by atoms with Gasteiger partial charge in [0.1, 0.15) is 0 Å². The van der Waals surface area contributed by atoms with Crippen LogP contribution in [0.15, 0.2) is 23.0 Å². The first kappa shape index (κ1) is 12.5. The zero-order chi connectivity index (χ0) is 12.4. The molecular formula is C11H10Cl2N2OS. The molecule has 0 radical (unpaired) electrons. The van der Waals surface area contributed by atoms with Crippen LogP contribution in [-0.4, -0.2) is 10.1 Å². The summed E-state index contributed by atoms with van der Waals surface area (Å²) >= 11 is 13.2. The smallest absolute Gasteiger partial charge is 0.152 e. The zero-order valence-corrected chi connectivity index (χ0v) is 11.3. The Balaban J connectivity index is 2.19. The Morgan fingerprint density at radius 3 is 2.53 bits per heavy atom. The fourth-order valence-corrected chi connectivity index (χ4v) is 2.54. The summed E-state index contributed by atoms with van der Waals surface area (Å²) in [6, 6.07) is 3.31. The number of aromatic nitrogens is 1. The summed E-state index contributed by atoms with van der Waals surface area (Å²) in [4.78, 5) is 4.22. The van der Waals surface area contributed by atoms with Gasteiger partial charge >= 0.3 is 0 Å². The molecule has 0 spiro atoms. The molecule has 0 fully saturated rings. The molecule has 2 rings (SSSR count). The first-order chi connectivity index (χ1) is 8.08. The summed E-state index contributed by atoms with van der Waals surface area (Å²) in [5, 5.41) is 15.1. The molecule has 1 unspecified atom stereocenters. The molecule has 90 valence electrons. The summed E-state index contributed by atoms with van der Waals surface area (Å²) in [6.45, 7) is 1.99. The lowest BCUT2D eigenvalue weighted by Gasteiger charge is -2.14. The van der Waals surface area contributed by atoms with Gasteiger partial charge in [-0.05, 0) is 19.1 Å². The van der Waals surface area contributed by atoms with Crippen molar-refractivity contribution >= 4 is 40.2 Å². The van der Waals surface area contributed by atoms with Gasteiger partial charge in [-0.2, -0.15) is 0 Å². The van der Waals surface area contributed by atoms with E-state index in [0.717, 1.165) is 11.4 Å². The van der Waals surface area contributed by atoms with Crippen LogP contribution in [0.4, 0.5) is 5.69 Å². The van der Waals surface area contributed by atoms with E-state index in [0.29, 0.717) is 0 Å². The van der Waals surface area contributed by atoms with Crippen LogP contribution in [0.2, 0.25) is 10.0 Å². The van der Waals surface area contributed by atoms with Crippen molar-refractivity contribution in [1.82, 2.24) is 4.98 Å². The van der Waals surface area contributed by atoms with E-state index in [9.17, 15) is 5.11 Å². The second-order valence-corrected chi connectivity index (χ2v) is 5.10. The number of hydrogen-bond donors (Lipinski definition) is 2. The van der Waals surface area contributed by atoms with Crippen LogP contribution in [0.3, 0.4) is 0 Å². The van der Waals surface area contributed by atoms with E-state index in [1.165, 1.54) is 0 Å². The molecule has 1 heterocycles. The number of nitrogens with zero attached hydrogens (tertiary/aromatic N) is 1. The van der Waals surface area contributed by atoms with E-state index in [1.54, 1.807) is 29.0 Å². The van der Waals surface area contributed by atoms with Crippen LogP contribution in [-0.2, 0) is 0 Å². The van der Waals surface area contributed by atoms with Gasteiger partial charge in [0, 0.05) is 11.1 Å². The van der Waals surface area contributed by atoms with E-state index in [2.05, 4.69) is 10.3 Å². The van der Waals surface area contributed by atoms with Crippen molar-refractivity contribution in [3.8, 4) is 5.75 Å². The van der Waals surface area contributed by atoms with E-state index in [1.807, 2.05) is 12.3 Å². The van der Waals surface area contributed by atoms with Crippen molar-refractivity contribution in [1.29, 1.82) is 0 Å². The molecule has 0 bridgehead atoms. The number of nitrogens with one attached hydrogen (secondary N) is 1. The normalized spacial score (nSPS) is 12.4. The predicted molar refractivity (Wildman–Crippen MR) is 72.3 cm³/mol. The first-order valence-corrected chi connectivity index (χ1v) is 6.60. The lowest BCUT2D eigenvalue weighted by Crippen LogP contribution is -2.06. The number of aromatic hydroxyl groups is 1. The van der Waals surface area contributed by atoms with Crippen molar-refractivity contribution in [2.75, 3.05) is 5.32 Å². The number of benzene rings is 1. The number of halogens is 2. The van der Waals surface area contributed by atoms with Gasteiger partial charge in [0.15, 0.2) is 5.75 Å². The second kappa shape index (κ2) is 5.12. The fraction of sp³-hybridized carbons (Fsp3) is 0.182. The Morgan fingerprint density at radius 2 is 2.00 bits per heavy atom. The Bertz CT molecular complexity index is 493. The quantitative estimate of drug-likeness (QED) is 0.827. The number of rotatable bonds is 3. The maximum absolute atomic E-state index is 9.45. The largest absolute Gasteiger partial charge is 0.505 e. The standard InChI is InChI=1S/C11H10Cl2N2OS/c1-6(10-4-17-5-14-10)15-7-2-8(12)11(16)9(13)3-7/h2-6,15-16H,1H3. The Labute approximate surface area is 113 Å². The summed E-state index contributed by atoms with van der Waals surface area (Å²) in [5.41, 5.74) is 3.48. The highest BCUT2D eigenvalue weighted by molar-refractivity contribution is 7.07. The van der Waals surface area contributed by atoms with Crippen LogP contribution in [0.1, 0.15) is 18.7 Å². The summed E-state index contributed by atoms with van der Waals surface area (Å²) in [7, 11) is 0. The van der Waals surface area contributed by atoms with Gasteiger partial charge in [0.2, 0.25) is 0 Å². The van der Waals surface area contributed by atoms with E-state index >= 15 is 0 Å². The Kier molecular flexibility index (Phi) is 3.76. The Hall–Kier alpha value is -0.970. The second-order valence-electron chi connectivity index (χ2n) is 3.57. The molecule has 1 aromatic heterocycles. The molecule has 0 saturated carbocycles. The predicted octanol–water partition coefficient (Wildman–Crippen LogP) is 4.33. The number of thiazole rings is 1. The lowest BCUT2D eigenvalue weighted by molar-refractivity contribution is 0.476. The third-order valence-corrected chi connectivity index (χ3v) is 3.48. The molecule has 2 N–H and O–H groups in total. The van der Waals surface area contributed by atoms with Crippen molar-refractivity contribution in [2.24, 2.45) is 0 Å². The van der Waals surface area contributed by atoms with E-state index < -0.39 is 0 Å². The van der Waals surface area contributed by atoms with Crippen molar-refractivity contribution in [3.05, 3.63) is 38.8 Å². The van der Waals surface area contributed by atoms with Crippen molar-refractivity contribution < 1.29 is 5.11 Å². The number of phenols is 1. The average Bonchev–Trinajstić information content (AvgIpc) is 2.79. The van der Waals surface area contributed by atoms with Gasteiger partial charge in [0.25, 0.3) is 0 Å². The Morgan fingerprint density at radius 1 is 1.35 bits per heavy atom. The number of anilines is 1. The molecule has 0 aliphatic heterocycles. The number of phenolic OH excluding ortho intramolecular Hbond substituents is 1. The molecule has 0 aliphatic carbocycles. The summed E-state index contributed by atoms with van der Waals surface area (Å²) in [5.74, 6) is -0.0970. The maximum Gasteiger partial charge on any atom is 0.152 e. The maximum atomic E-state index is 9.45. The van der Waals surface area contributed by atoms with Crippen LogP contribution < -0.4 is 5.32 Å². The number of hydrogen-bond acceptors (Lipinski definition) is 4. The van der Waals surface area contributed by atoms with E-state index in [4.69, 9.17) is 23.2 Å². The minimum Gasteiger partial charge on any atom is -0.505 e. The lowest BCUT2D eigenvalue weighted by atomic mass is 10.2. The van der Waals surface area contributed by atoms with Gasteiger partial charge in [-0.1, -0.05) is 23.2 Å². The highest BCUT2D eigenvalue weighted by Crippen LogP contribution is 2.35. The first-order valence-electron chi connectivity index (χ1n) is 4.90. The molecule has 2 aromatic rings. The summed E-state index contributed by atoms with van der Waals surface area (Å²) < 4.78 is 0. The molecule has 0 saturated heterocycles. The molecule has 17 heavy (non-hydrogen) atoms. The van der Waals surface area contributed by atoms with Crippen molar-refractivity contribution in [2.45, 2.75) is 13.0 Å². The SMILES string of the molecule is CC(Nc1cc(Cl)c(O)c(Cl)c1)c1cscn1. The third-order valence-electron chi connectivity index (χ3n) is 2.30. The topological polar surface area (TPSA) is 45.1 Å². The average molecular weight is 289 g/mol. The molecule has 1 aromatic carbocycles. The van der Waals surface area contributed by atoms with Gasteiger partial charge in [-0.3, -0.25) is 0 Å². The highest BCUT2D eigenvalue weighted by atomic mass is 35.5. The minimum atomic E-state index is -0.0970. The van der Waals surface area contributed by atoms with Gasteiger partial charge in [-0.15, -0.1) is 11.3 Å². The van der Waals surface area contributed by atoms with E-state index in [-0.39, 0.29) is 21.8 Å². The minimum absolute atomic E-state index is 0.0536. The van der Waals surface area contributed by atoms with Crippen LogP contribution in [0.5, 0.6) is 5.75 Å². The molecule has 0 aliphatic rings. The molecular weight excluding hydrogens is 279 g/mol. The monoisotopic (exact) mass is 288 g/mol. The van der Waals surface area contributed by atoms with Gasteiger partial charge in [0.05, 0.1) is 27.3 Å². The zero-order valence-electron chi connectivity index (χ0n) is 8.95. The molecule has 6 heteroatoms. The van der Waals surface area contributed by atoms with Crippen LogP contribution in [0.25, 0.3) is 0 Å². The van der Waals surface area contributed by atoms with Crippen LogP contribution in [0, 0.1) is 0 Å².